The van der Waals surface area contributed by atoms with Gasteiger partial charge in [0.1, 0.15) is 36.5 Å². The molecule has 0 radical (unpaired) electrons. The first kappa shape index (κ1) is 31.5. The topological polar surface area (TPSA) is 89.5 Å². The lowest BCUT2D eigenvalue weighted by Gasteiger charge is -2.40. The molecule has 0 aromatic heterocycles. The van der Waals surface area contributed by atoms with E-state index in [0.29, 0.717) is 30.8 Å². The molecule has 4 unspecified atom stereocenters. The van der Waals surface area contributed by atoms with Gasteiger partial charge in [-0.2, -0.15) is 0 Å². The molecule has 2 aromatic rings. The summed E-state index contributed by atoms with van der Waals surface area (Å²) in [6, 6.07) is 12.2. The molecule has 8 nitrogen and oxygen atoms in total. The van der Waals surface area contributed by atoms with Gasteiger partial charge in [0.25, 0.3) is 0 Å². The van der Waals surface area contributed by atoms with Crippen LogP contribution in [-0.4, -0.2) is 63.8 Å². The maximum atomic E-state index is 15.0. The van der Waals surface area contributed by atoms with E-state index in [4.69, 9.17) is 28.4 Å². The molecule has 0 amide bonds. The third kappa shape index (κ3) is 8.74. The molecule has 40 heavy (non-hydrogen) atoms. The average Bonchev–Trinajstić information content (AvgIpc) is 2.96. The number of benzene rings is 2. The first-order valence-corrected chi connectivity index (χ1v) is 14.0. The molecular formula is C31H41FO8. The zero-order valence-corrected chi connectivity index (χ0v) is 23.9. The Kier molecular flexibility index (Phi) is 12.8. The van der Waals surface area contributed by atoms with E-state index in [1.54, 1.807) is 26.2 Å². The second-order valence-corrected chi connectivity index (χ2v) is 9.65. The summed E-state index contributed by atoms with van der Waals surface area (Å²) in [7, 11) is 1.59. The van der Waals surface area contributed by atoms with Crippen LogP contribution in [0.25, 0.3) is 0 Å². The number of rotatable bonds is 15. The Balaban J connectivity index is 1.93. The summed E-state index contributed by atoms with van der Waals surface area (Å²) in [5, 5.41) is 0. The summed E-state index contributed by atoms with van der Waals surface area (Å²) >= 11 is 0. The van der Waals surface area contributed by atoms with Crippen LogP contribution in [0.1, 0.15) is 69.2 Å². The Bertz CT molecular complexity index is 1070. The molecule has 1 aliphatic rings. The molecule has 0 spiro atoms. The number of carbonyl (C=O) groups is 2. The van der Waals surface area contributed by atoms with Crippen molar-refractivity contribution in [3.05, 3.63) is 65.0 Å². The molecule has 2 aromatic carbocycles. The lowest BCUT2D eigenvalue weighted by molar-refractivity contribution is -0.207. The van der Waals surface area contributed by atoms with Gasteiger partial charge in [-0.15, -0.1) is 0 Å². The quantitative estimate of drug-likeness (QED) is 0.194. The fourth-order valence-electron chi connectivity index (χ4n) is 4.46. The summed E-state index contributed by atoms with van der Waals surface area (Å²) in [5.41, 5.74) is 2.02. The van der Waals surface area contributed by atoms with Gasteiger partial charge in [0.05, 0.1) is 13.7 Å². The molecule has 1 saturated heterocycles. The minimum Gasteiger partial charge on any atom is -0.497 e. The maximum absolute atomic E-state index is 15.0. The van der Waals surface area contributed by atoms with E-state index in [9.17, 15) is 14.0 Å². The molecule has 9 heteroatoms. The lowest BCUT2D eigenvalue weighted by atomic mass is 9.90. The number of carbonyl (C=O) groups excluding carboxylic acids is 2. The van der Waals surface area contributed by atoms with E-state index in [1.165, 1.54) is 6.07 Å². The molecular weight excluding hydrogens is 519 g/mol. The summed E-state index contributed by atoms with van der Waals surface area (Å²) in [6.07, 6.45) is -0.719. The number of hydrogen-bond acceptors (Lipinski definition) is 8. The third-order valence-electron chi connectivity index (χ3n) is 6.68. The first-order chi connectivity index (χ1) is 19.4. The van der Waals surface area contributed by atoms with E-state index >= 15 is 0 Å². The molecule has 1 fully saturated rings. The lowest BCUT2D eigenvalue weighted by Crippen LogP contribution is -2.55. The van der Waals surface area contributed by atoms with Crippen LogP contribution < -0.4 is 4.74 Å². The SMILES string of the molecule is CCCCOC1C(=O)C(COC(=O)OCC)OC(c2ccc(F)c(Cc3ccc(OC)cc3)c2)C1OCCCC. The predicted molar refractivity (Wildman–Crippen MR) is 147 cm³/mol. The third-order valence-corrected chi connectivity index (χ3v) is 6.68. The molecule has 0 aliphatic carbocycles. The van der Waals surface area contributed by atoms with Crippen molar-refractivity contribution in [3.63, 3.8) is 0 Å². The highest BCUT2D eigenvalue weighted by Gasteiger charge is 2.47. The Morgan fingerprint density at radius 2 is 1.65 bits per heavy atom. The van der Waals surface area contributed by atoms with Crippen LogP contribution >= 0.6 is 0 Å². The van der Waals surface area contributed by atoms with Crippen LogP contribution in [0.4, 0.5) is 9.18 Å². The van der Waals surface area contributed by atoms with Crippen molar-refractivity contribution in [3.8, 4) is 5.75 Å². The van der Waals surface area contributed by atoms with E-state index in [1.807, 2.05) is 38.1 Å². The summed E-state index contributed by atoms with van der Waals surface area (Å²) in [6.45, 7) is 6.33. The fraction of sp³-hybridized carbons (Fsp3) is 0.548. The highest BCUT2D eigenvalue weighted by Crippen LogP contribution is 2.35. The van der Waals surface area contributed by atoms with Gasteiger partial charge in [-0.1, -0.05) is 44.9 Å². The van der Waals surface area contributed by atoms with Crippen LogP contribution in [0, 0.1) is 5.82 Å². The zero-order chi connectivity index (χ0) is 28.9. The van der Waals surface area contributed by atoms with Gasteiger partial charge >= 0.3 is 6.16 Å². The van der Waals surface area contributed by atoms with Crippen molar-refractivity contribution < 1.29 is 42.4 Å². The van der Waals surface area contributed by atoms with Crippen molar-refractivity contribution in [2.75, 3.05) is 33.5 Å². The highest BCUT2D eigenvalue weighted by atomic mass is 19.1. The number of Topliss-reactive ketones (excluding diaryl/α,β-unsaturated/α-hetero) is 1. The van der Waals surface area contributed by atoms with Crippen molar-refractivity contribution in [2.24, 2.45) is 0 Å². The number of ether oxygens (including phenoxy) is 6. The monoisotopic (exact) mass is 560 g/mol. The van der Waals surface area contributed by atoms with Gasteiger partial charge < -0.3 is 28.4 Å². The van der Waals surface area contributed by atoms with Crippen LogP contribution in [0.5, 0.6) is 5.75 Å². The average molecular weight is 561 g/mol. The van der Waals surface area contributed by atoms with Crippen LogP contribution in [0.15, 0.2) is 42.5 Å². The second-order valence-electron chi connectivity index (χ2n) is 9.65. The van der Waals surface area contributed by atoms with E-state index in [-0.39, 0.29) is 24.8 Å². The second kappa shape index (κ2) is 16.3. The van der Waals surface area contributed by atoms with Gasteiger partial charge in [-0.3, -0.25) is 4.79 Å². The number of methoxy groups -OCH3 is 1. The maximum Gasteiger partial charge on any atom is 0.508 e. The molecule has 0 bridgehead atoms. The van der Waals surface area contributed by atoms with E-state index < -0.39 is 30.6 Å². The molecule has 0 N–H and O–H groups in total. The van der Waals surface area contributed by atoms with Crippen LogP contribution in [0.2, 0.25) is 0 Å². The first-order valence-electron chi connectivity index (χ1n) is 14.0. The zero-order valence-electron chi connectivity index (χ0n) is 23.9. The molecule has 3 rings (SSSR count). The minimum atomic E-state index is -1.10. The number of ketones is 1. The molecule has 1 aliphatic heterocycles. The molecule has 1 heterocycles. The van der Waals surface area contributed by atoms with Crippen molar-refractivity contribution in [1.29, 1.82) is 0 Å². The number of hydrogen-bond donors (Lipinski definition) is 0. The summed E-state index contributed by atoms with van der Waals surface area (Å²) < 4.78 is 48.7. The van der Waals surface area contributed by atoms with Crippen molar-refractivity contribution in [2.45, 2.75) is 77.3 Å². The highest BCUT2D eigenvalue weighted by molar-refractivity contribution is 5.89. The fourth-order valence-corrected chi connectivity index (χ4v) is 4.46. The van der Waals surface area contributed by atoms with Gasteiger partial charge in [0, 0.05) is 19.6 Å². The molecule has 4 atom stereocenters. The van der Waals surface area contributed by atoms with Gasteiger partial charge in [0.15, 0.2) is 11.9 Å². The van der Waals surface area contributed by atoms with Crippen LogP contribution in [0.3, 0.4) is 0 Å². The summed E-state index contributed by atoms with van der Waals surface area (Å²) in [5.74, 6) is 0.00192. The minimum absolute atomic E-state index is 0.142. The van der Waals surface area contributed by atoms with Gasteiger partial charge in [-0.25, -0.2) is 9.18 Å². The summed E-state index contributed by atoms with van der Waals surface area (Å²) in [4.78, 5) is 25.3. The number of unbranched alkanes of at least 4 members (excludes halogenated alkanes) is 2. The van der Waals surface area contributed by atoms with Gasteiger partial charge in [-0.05, 0) is 60.7 Å². The van der Waals surface area contributed by atoms with Crippen LogP contribution in [-0.2, 0) is 34.9 Å². The Hall–Kier alpha value is -3.01. The normalized spacial score (nSPS) is 20.8. The molecule has 220 valence electrons. The Labute approximate surface area is 236 Å². The van der Waals surface area contributed by atoms with Crippen molar-refractivity contribution in [1.82, 2.24) is 0 Å². The van der Waals surface area contributed by atoms with Crippen molar-refractivity contribution >= 4 is 11.9 Å². The smallest absolute Gasteiger partial charge is 0.497 e. The largest absolute Gasteiger partial charge is 0.508 e. The molecule has 0 saturated carbocycles. The van der Waals surface area contributed by atoms with E-state index in [0.717, 1.165) is 37.0 Å². The predicted octanol–water partition coefficient (Wildman–Crippen LogP) is 5.98. The Morgan fingerprint density at radius 3 is 2.30 bits per heavy atom. The standard InChI is InChI=1S/C31H41FO8/c1-5-8-16-37-29-27(33)26(20-39-31(34)36-7-3)40-28(30(29)38-17-9-6-2)22-12-15-25(32)23(19-22)18-21-10-13-24(35-4)14-11-21/h10-15,19,26,28-30H,5-9,16-18,20H2,1-4H3. The van der Waals surface area contributed by atoms with E-state index in [2.05, 4.69) is 0 Å². The number of halogens is 1. The Morgan fingerprint density at radius 1 is 0.950 bits per heavy atom. The van der Waals surface area contributed by atoms with Gasteiger partial charge in [0.2, 0.25) is 0 Å².